The Labute approximate surface area is 186 Å². The molecule has 7 nitrogen and oxygen atoms in total. The number of hydrogen-bond acceptors (Lipinski definition) is 7. The number of esters is 2. The van der Waals surface area contributed by atoms with Gasteiger partial charge in [-0.25, -0.2) is 4.79 Å². The second-order valence-electron chi connectivity index (χ2n) is 8.25. The van der Waals surface area contributed by atoms with Crippen molar-refractivity contribution < 1.29 is 34.1 Å². The highest BCUT2D eigenvalue weighted by atomic mass is 16.6. The fourth-order valence-corrected chi connectivity index (χ4v) is 3.47. The quantitative estimate of drug-likeness (QED) is 0.144. The number of aliphatic hydroxyl groups is 2. The largest absolute Gasteiger partial charge is 0.463 e. The smallest absolute Gasteiger partial charge is 0.343 e. The number of carbonyl (C=O) groups excluding carboxylic acids is 3. The Morgan fingerprint density at radius 3 is 2.06 bits per heavy atom. The second-order valence-corrected chi connectivity index (χ2v) is 8.25. The van der Waals surface area contributed by atoms with Gasteiger partial charge in [-0.15, -0.1) is 0 Å². The Kier molecular flexibility index (Phi) is 14.9. The highest BCUT2D eigenvalue weighted by Crippen LogP contribution is 2.15. The van der Waals surface area contributed by atoms with Crippen LogP contribution < -0.4 is 0 Å². The predicted molar refractivity (Wildman–Crippen MR) is 117 cm³/mol. The molecule has 1 saturated heterocycles. The van der Waals surface area contributed by atoms with Crippen molar-refractivity contribution in [3.05, 3.63) is 12.2 Å². The SMILES string of the molecule is CCCCCCCCC=CCCCCCCCC(=O)OC[C@H](O)[C@H]1OC(=O)C(O)C1=O. The molecule has 1 rings (SSSR count). The summed E-state index contributed by atoms with van der Waals surface area (Å²) in [7, 11) is 0. The number of cyclic esters (lactones) is 1. The maximum atomic E-state index is 11.7. The third kappa shape index (κ3) is 12.0. The van der Waals surface area contributed by atoms with Crippen LogP contribution in [0.1, 0.15) is 96.8 Å². The molecule has 0 aliphatic carbocycles. The zero-order valence-electron chi connectivity index (χ0n) is 18.9. The van der Waals surface area contributed by atoms with Gasteiger partial charge in [0.2, 0.25) is 11.9 Å². The summed E-state index contributed by atoms with van der Waals surface area (Å²) in [6.45, 7) is 1.79. The minimum atomic E-state index is -1.87. The molecule has 1 aliphatic heterocycles. The van der Waals surface area contributed by atoms with Crippen LogP contribution in [0.15, 0.2) is 12.2 Å². The van der Waals surface area contributed by atoms with Crippen LogP contribution in [0, 0.1) is 0 Å². The summed E-state index contributed by atoms with van der Waals surface area (Å²) in [5.41, 5.74) is 0. The highest BCUT2D eigenvalue weighted by molar-refractivity contribution is 6.09. The highest BCUT2D eigenvalue weighted by Gasteiger charge is 2.46. The number of unbranched alkanes of at least 4 members (excludes halogenated alkanes) is 11. The molecule has 3 atom stereocenters. The summed E-state index contributed by atoms with van der Waals surface area (Å²) < 4.78 is 9.52. The van der Waals surface area contributed by atoms with Crippen molar-refractivity contribution in [1.29, 1.82) is 0 Å². The van der Waals surface area contributed by atoms with Crippen molar-refractivity contribution in [2.45, 2.75) is 115 Å². The number of ether oxygens (including phenoxy) is 2. The number of aliphatic hydroxyl groups excluding tert-OH is 2. The number of hydrogen-bond donors (Lipinski definition) is 2. The third-order valence-electron chi connectivity index (χ3n) is 5.42. The minimum Gasteiger partial charge on any atom is -0.463 e. The molecule has 7 heteroatoms. The Bertz CT molecular complexity index is 558. The molecule has 31 heavy (non-hydrogen) atoms. The fourth-order valence-electron chi connectivity index (χ4n) is 3.47. The first kappa shape index (κ1) is 27.3. The van der Waals surface area contributed by atoms with Crippen molar-refractivity contribution in [3.63, 3.8) is 0 Å². The van der Waals surface area contributed by atoms with Gasteiger partial charge in [0, 0.05) is 6.42 Å². The zero-order chi connectivity index (χ0) is 22.9. The molecule has 0 saturated carbocycles. The van der Waals surface area contributed by atoms with Crippen molar-refractivity contribution in [2.75, 3.05) is 6.61 Å². The maximum absolute atomic E-state index is 11.7. The number of ketones is 1. The molecular weight excluding hydrogens is 400 g/mol. The van der Waals surface area contributed by atoms with Crippen LogP contribution in [-0.2, 0) is 23.9 Å². The lowest BCUT2D eigenvalue weighted by Crippen LogP contribution is -2.38. The predicted octanol–water partition coefficient (Wildman–Crippen LogP) is 3.78. The Hall–Kier alpha value is -1.73. The van der Waals surface area contributed by atoms with E-state index in [0.29, 0.717) is 6.42 Å². The van der Waals surface area contributed by atoms with E-state index in [0.717, 1.165) is 32.1 Å². The Morgan fingerprint density at radius 2 is 1.52 bits per heavy atom. The number of Topliss-reactive ketones (excluding diaryl/α,β-unsaturated/α-hetero) is 1. The molecule has 178 valence electrons. The van der Waals surface area contributed by atoms with E-state index >= 15 is 0 Å². The van der Waals surface area contributed by atoms with Crippen LogP contribution in [-0.4, -0.2) is 52.9 Å². The number of allylic oxidation sites excluding steroid dienone is 2. The van der Waals surface area contributed by atoms with Gasteiger partial charge in [-0.1, -0.05) is 70.4 Å². The molecule has 0 aromatic rings. The first-order valence-corrected chi connectivity index (χ1v) is 11.9. The van der Waals surface area contributed by atoms with E-state index in [1.54, 1.807) is 0 Å². The lowest BCUT2D eigenvalue weighted by molar-refractivity contribution is -0.156. The van der Waals surface area contributed by atoms with E-state index in [-0.39, 0.29) is 6.42 Å². The topological polar surface area (TPSA) is 110 Å². The molecule has 2 N–H and O–H groups in total. The Morgan fingerprint density at radius 1 is 0.968 bits per heavy atom. The van der Waals surface area contributed by atoms with E-state index in [9.17, 15) is 24.6 Å². The molecule has 1 heterocycles. The summed E-state index contributed by atoms with van der Waals surface area (Å²) in [5.74, 6) is -2.46. The van der Waals surface area contributed by atoms with E-state index < -0.39 is 42.6 Å². The van der Waals surface area contributed by atoms with E-state index in [4.69, 9.17) is 4.74 Å². The molecule has 1 fully saturated rings. The van der Waals surface area contributed by atoms with Crippen LogP contribution in [0.4, 0.5) is 0 Å². The standard InChI is InChI=1S/C24H40O7/c1-2-3-4-5-6-7-8-9-10-11-12-13-14-15-16-17-20(26)30-18-19(25)23-21(27)22(28)24(29)31-23/h9-10,19,22-23,25,28H,2-8,11-18H2,1H3/t19-,22?,23+/m0/s1. The van der Waals surface area contributed by atoms with Crippen molar-refractivity contribution in [2.24, 2.45) is 0 Å². The van der Waals surface area contributed by atoms with Crippen molar-refractivity contribution in [1.82, 2.24) is 0 Å². The maximum Gasteiger partial charge on any atom is 0.343 e. The molecule has 0 bridgehead atoms. The van der Waals surface area contributed by atoms with E-state index in [1.165, 1.54) is 44.9 Å². The second kappa shape index (κ2) is 16.9. The molecule has 1 aliphatic rings. The molecule has 0 spiro atoms. The van der Waals surface area contributed by atoms with Crippen LogP contribution in [0.2, 0.25) is 0 Å². The Balaban J connectivity index is 1.92. The number of rotatable bonds is 18. The first-order valence-electron chi connectivity index (χ1n) is 11.9. The van der Waals surface area contributed by atoms with E-state index in [2.05, 4.69) is 23.8 Å². The number of carbonyl (C=O) groups is 3. The van der Waals surface area contributed by atoms with E-state index in [1.807, 2.05) is 0 Å². The van der Waals surface area contributed by atoms with Gasteiger partial charge < -0.3 is 19.7 Å². The normalized spacial score (nSPS) is 19.7. The van der Waals surface area contributed by atoms with Crippen LogP contribution in [0.5, 0.6) is 0 Å². The van der Waals surface area contributed by atoms with Gasteiger partial charge in [-0.3, -0.25) is 9.59 Å². The fraction of sp³-hybridized carbons (Fsp3) is 0.792. The molecule has 0 aromatic heterocycles. The summed E-state index contributed by atoms with van der Waals surface area (Å²) >= 11 is 0. The van der Waals surface area contributed by atoms with Gasteiger partial charge >= 0.3 is 11.9 Å². The molecule has 1 unspecified atom stereocenters. The van der Waals surface area contributed by atoms with Crippen LogP contribution >= 0.6 is 0 Å². The van der Waals surface area contributed by atoms with Gasteiger partial charge in [0.15, 0.2) is 6.10 Å². The summed E-state index contributed by atoms with van der Waals surface area (Å²) in [6.07, 6.45) is 15.3. The summed E-state index contributed by atoms with van der Waals surface area (Å²) in [4.78, 5) is 34.3. The van der Waals surface area contributed by atoms with Gasteiger partial charge in [-0.05, 0) is 32.1 Å². The molecule has 0 radical (unpaired) electrons. The molecular formula is C24H40O7. The van der Waals surface area contributed by atoms with Gasteiger partial charge in [-0.2, -0.15) is 0 Å². The lowest BCUT2D eigenvalue weighted by Gasteiger charge is -2.15. The van der Waals surface area contributed by atoms with Gasteiger partial charge in [0.05, 0.1) is 0 Å². The monoisotopic (exact) mass is 440 g/mol. The van der Waals surface area contributed by atoms with Gasteiger partial charge in [0.25, 0.3) is 0 Å². The summed E-state index contributed by atoms with van der Waals surface area (Å²) in [5, 5.41) is 19.0. The first-order chi connectivity index (χ1) is 15.0. The minimum absolute atomic E-state index is 0.242. The summed E-state index contributed by atoms with van der Waals surface area (Å²) in [6, 6.07) is 0. The van der Waals surface area contributed by atoms with Gasteiger partial charge in [0.1, 0.15) is 12.7 Å². The van der Waals surface area contributed by atoms with Crippen LogP contribution in [0.3, 0.4) is 0 Å². The zero-order valence-corrected chi connectivity index (χ0v) is 18.9. The average Bonchev–Trinajstić information content (AvgIpc) is 3.02. The van der Waals surface area contributed by atoms with Crippen molar-refractivity contribution >= 4 is 17.7 Å². The van der Waals surface area contributed by atoms with Crippen LogP contribution in [0.25, 0.3) is 0 Å². The van der Waals surface area contributed by atoms with Crippen molar-refractivity contribution in [3.8, 4) is 0 Å². The average molecular weight is 441 g/mol. The molecule has 0 aromatic carbocycles. The third-order valence-corrected chi connectivity index (χ3v) is 5.42. The molecule has 0 amide bonds. The lowest BCUT2D eigenvalue weighted by atomic mass is 10.1.